The van der Waals surface area contributed by atoms with Gasteiger partial charge < -0.3 is 20.0 Å². The number of rotatable bonds is 8. The van der Waals surface area contributed by atoms with E-state index in [9.17, 15) is 0 Å². The van der Waals surface area contributed by atoms with Gasteiger partial charge in [0.2, 0.25) is 0 Å². The molecule has 5 nitrogen and oxygen atoms in total. The van der Waals surface area contributed by atoms with Crippen LogP contribution in [0.5, 0.6) is 0 Å². The van der Waals surface area contributed by atoms with Crippen molar-refractivity contribution in [2.75, 3.05) is 59.9 Å². The van der Waals surface area contributed by atoms with Gasteiger partial charge in [0.05, 0.1) is 0 Å². The van der Waals surface area contributed by atoms with E-state index >= 15 is 0 Å². The molecule has 27 heavy (non-hydrogen) atoms. The fraction of sp³-hybridized carbons (Fsp3) is 0.667. The van der Waals surface area contributed by atoms with Gasteiger partial charge in [-0.2, -0.15) is 0 Å². The lowest BCUT2D eigenvalue weighted by molar-refractivity contribution is 0.152. The van der Waals surface area contributed by atoms with Crippen molar-refractivity contribution in [1.29, 1.82) is 0 Å². The predicted octanol–water partition coefficient (Wildman–Crippen LogP) is 3.04. The molecule has 0 unspecified atom stereocenters. The van der Waals surface area contributed by atoms with Crippen LogP contribution in [0, 0.1) is 6.92 Å². The lowest BCUT2D eigenvalue weighted by Gasteiger charge is -2.32. The highest BCUT2D eigenvalue weighted by molar-refractivity contribution is 14.0. The van der Waals surface area contributed by atoms with E-state index in [0.717, 1.165) is 32.0 Å². The van der Waals surface area contributed by atoms with Gasteiger partial charge in [0, 0.05) is 52.9 Å². The molecule has 0 spiro atoms. The Balaban J connectivity index is 0.00000364. The minimum atomic E-state index is 0. The Labute approximate surface area is 183 Å². The highest BCUT2D eigenvalue weighted by Gasteiger charge is 2.12. The van der Waals surface area contributed by atoms with Crippen LogP contribution >= 0.6 is 24.0 Å². The standard InChI is InChI=1S/C21H37N5.HI/c1-5-22-21(25(4)18-20-11-7-6-10-19(20)2)23-12-8-9-13-26-16-14-24(3)15-17-26;/h6-7,10-11H,5,8-9,12-18H2,1-4H3,(H,22,23);1H. The van der Waals surface area contributed by atoms with Crippen molar-refractivity contribution in [2.45, 2.75) is 33.2 Å². The summed E-state index contributed by atoms with van der Waals surface area (Å²) >= 11 is 0. The Kier molecular flexibility index (Phi) is 11.9. The zero-order valence-corrected chi connectivity index (χ0v) is 19.9. The number of nitrogens with zero attached hydrogens (tertiary/aromatic N) is 4. The van der Waals surface area contributed by atoms with Crippen molar-refractivity contribution in [3.63, 3.8) is 0 Å². The van der Waals surface area contributed by atoms with E-state index < -0.39 is 0 Å². The van der Waals surface area contributed by atoms with Crippen molar-refractivity contribution < 1.29 is 0 Å². The molecule has 2 rings (SSSR count). The van der Waals surface area contributed by atoms with E-state index in [-0.39, 0.29) is 24.0 Å². The molecule has 6 heteroatoms. The number of piperazine rings is 1. The number of unbranched alkanes of at least 4 members (excludes halogenated alkanes) is 1. The molecule has 1 heterocycles. The summed E-state index contributed by atoms with van der Waals surface area (Å²) in [6.45, 7) is 13.0. The van der Waals surface area contributed by atoms with Crippen molar-refractivity contribution in [3.8, 4) is 0 Å². The van der Waals surface area contributed by atoms with Crippen LogP contribution in [0.3, 0.4) is 0 Å². The highest BCUT2D eigenvalue weighted by Crippen LogP contribution is 2.09. The smallest absolute Gasteiger partial charge is 0.193 e. The maximum Gasteiger partial charge on any atom is 0.193 e. The quantitative estimate of drug-likeness (QED) is 0.265. The van der Waals surface area contributed by atoms with Gasteiger partial charge in [-0.25, -0.2) is 0 Å². The highest BCUT2D eigenvalue weighted by atomic mass is 127. The average molecular weight is 487 g/mol. The molecule has 1 saturated heterocycles. The molecule has 154 valence electrons. The second kappa shape index (κ2) is 13.3. The Morgan fingerprint density at radius 3 is 2.52 bits per heavy atom. The number of likely N-dealkylation sites (N-methyl/N-ethyl adjacent to an activating group) is 1. The van der Waals surface area contributed by atoms with E-state index in [2.05, 4.69) is 72.2 Å². The van der Waals surface area contributed by atoms with Crippen LogP contribution in [-0.2, 0) is 6.54 Å². The van der Waals surface area contributed by atoms with Crippen LogP contribution in [0.4, 0.5) is 0 Å². The summed E-state index contributed by atoms with van der Waals surface area (Å²) in [4.78, 5) is 12.1. The number of benzene rings is 1. The molecular formula is C21H38IN5. The summed E-state index contributed by atoms with van der Waals surface area (Å²) in [6, 6.07) is 8.58. The summed E-state index contributed by atoms with van der Waals surface area (Å²) in [6.07, 6.45) is 2.38. The Bertz CT molecular complexity index is 555. The second-order valence-corrected chi connectivity index (χ2v) is 7.37. The number of hydrogen-bond acceptors (Lipinski definition) is 3. The second-order valence-electron chi connectivity index (χ2n) is 7.37. The van der Waals surface area contributed by atoms with Gasteiger partial charge in [-0.15, -0.1) is 24.0 Å². The molecule has 0 bridgehead atoms. The summed E-state index contributed by atoms with van der Waals surface area (Å²) in [5, 5.41) is 3.43. The molecule has 1 aliphatic heterocycles. The van der Waals surface area contributed by atoms with Crippen LogP contribution in [0.25, 0.3) is 0 Å². The SMILES string of the molecule is CCNC(=NCCCCN1CCN(C)CC1)N(C)Cc1ccccc1C.I. The molecule has 1 N–H and O–H groups in total. The fourth-order valence-corrected chi connectivity index (χ4v) is 3.29. The first-order chi connectivity index (χ1) is 12.6. The maximum atomic E-state index is 4.84. The van der Waals surface area contributed by atoms with E-state index in [1.165, 1.54) is 50.3 Å². The topological polar surface area (TPSA) is 34.1 Å². The first-order valence-corrected chi connectivity index (χ1v) is 10.0. The lowest BCUT2D eigenvalue weighted by Crippen LogP contribution is -2.44. The van der Waals surface area contributed by atoms with Crippen LogP contribution < -0.4 is 5.32 Å². The number of nitrogens with one attached hydrogen (secondary N) is 1. The van der Waals surface area contributed by atoms with Gasteiger partial charge in [-0.05, 0) is 51.4 Å². The molecule has 1 aliphatic rings. The van der Waals surface area contributed by atoms with Gasteiger partial charge in [0.15, 0.2) is 5.96 Å². The zero-order chi connectivity index (χ0) is 18.8. The predicted molar refractivity (Wildman–Crippen MR) is 127 cm³/mol. The number of aryl methyl sites for hydroxylation is 1. The van der Waals surface area contributed by atoms with Gasteiger partial charge in [-0.3, -0.25) is 4.99 Å². The maximum absolute atomic E-state index is 4.84. The molecule has 0 aliphatic carbocycles. The van der Waals surface area contributed by atoms with E-state index in [1.807, 2.05) is 0 Å². The first kappa shape index (κ1) is 24.2. The normalized spacial score (nSPS) is 16.1. The monoisotopic (exact) mass is 487 g/mol. The van der Waals surface area contributed by atoms with Crippen molar-refractivity contribution in [3.05, 3.63) is 35.4 Å². The Morgan fingerprint density at radius 1 is 1.15 bits per heavy atom. The molecule has 0 radical (unpaired) electrons. The first-order valence-electron chi connectivity index (χ1n) is 10.0. The van der Waals surface area contributed by atoms with E-state index in [4.69, 9.17) is 4.99 Å². The Morgan fingerprint density at radius 2 is 1.85 bits per heavy atom. The van der Waals surface area contributed by atoms with Crippen molar-refractivity contribution in [2.24, 2.45) is 4.99 Å². The van der Waals surface area contributed by atoms with E-state index in [0.29, 0.717) is 0 Å². The summed E-state index contributed by atoms with van der Waals surface area (Å²) in [5.74, 6) is 1.01. The zero-order valence-electron chi connectivity index (χ0n) is 17.6. The van der Waals surface area contributed by atoms with Gasteiger partial charge in [0.1, 0.15) is 0 Å². The molecule has 1 aromatic carbocycles. The third-order valence-corrected chi connectivity index (χ3v) is 5.11. The number of guanidine groups is 1. The average Bonchev–Trinajstić information content (AvgIpc) is 2.64. The molecular weight excluding hydrogens is 449 g/mol. The molecule has 0 amide bonds. The van der Waals surface area contributed by atoms with Crippen molar-refractivity contribution in [1.82, 2.24) is 20.0 Å². The van der Waals surface area contributed by atoms with Gasteiger partial charge in [-0.1, -0.05) is 24.3 Å². The van der Waals surface area contributed by atoms with Crippen LogP contribution in [-0.4, -0.2) is 80.6 Å². The molecule has 0 aromatic heterocycles. The fourth-order valence-electron chi connectivity index (χ4n) is 3.29. The molecule has 0 atom stereocenters. The molecule has 0 saturated carbocycles. The van der Waals surface area contributed by atoms with Crippen molar-refractivity contribution >= 4 is 29.9 Å². The van der Waals surface area contributed by atoms with Crippen LogP contribution in [0.2, 0.25) is 0 Å². The number of aliphatic imine (C=N–C) groups is 1. The third kappa shape index (κ3) is 8.79. The minimum absolute atomic E-state index is 0. The lowest BCUT2D eigenvalue weighted by atomic mass is 10.1. The summed E-state index contributed by atoms with van der Waals surface area (Å²) in [5.41, 5.74) is 2.69. The molecule has 1 aromatic rings. The summed E-state index contributed by atoms with van der Waals surface area (Å²) < 4.78 is 0. The Hall–Kier alpha value is -0.860. The summed E-state index contributed by atoms with van der Waals surface area (Å²) in [7, 11) is 4.33. The van der Waals surface area contributed by atoms with E-state index in [1.54, 1.807) is 0 Å². The largest absolute Gasteiger partial charge is 0.357 e. The van der Waals surface area contributed by atoms with Crippen LogP contribution in [0.15, 0.2) is 29.3 Å². The number of halogens is 1. The number of hydrogen-bond donors (Lipinski definition) is 1. The molecule has 1 fully saturated rings. The minimum Gasteiger partial charge on any atom is -0.357 e. The van der Waals surface area contributed by atoms with Crippen LogP contribution in [0.1, 0.15) is 30.9 Å². The van der Waals surface area contributed by atoms with Gasteiger partial charge in [0.25, 0.3) is 0 Å². The third-order valence-electron chi connectivity index (χ3n) is 5.11. The van der Waals surface area contributed by atoms with Gasteiger partial charge >= 0.3 is 0 Å².